The molecule has 0 fully saturated rings. The molecule has 0 N–H and O–H groups in total. The molecule has 0 amide bonds. The van der Waals surface area contributed by atoms with Crippen molar-refractivity contribution in [2.24, 2.45) is 0 Å². The fourth-order valence-electron chi connectivity index (χ4n) is 2.49. The Morgan fingerprint density at radius 1 is 0.909 bits per heavy atom. The summed E-state index contributed by atoms with van der Waals surface area (Å²) >= 11 is 0. The van der Waals surface area contributed by atoms with Crippen LogP contribution in [0.1, 0.15) is 11.1 Å². The van der Waals surface area contributed by atoms with Crippen molar-refractivity contribution in [3.05, 3.63) is 59.3 Å². The van der Waals surface area contributed by atoms with Gasteiger partial charge in [-0.2, -0.15) is 0 Å². The molecule has 0 heterocycles. The fourth-order valence-corrected chi connectivity index (χ4v) is 4.32. The van der Waals surface area contributed by atoms with E-state index in [1.54, 1.807) is 14.2 Å². The Labute approximate surface area is 134 Å². The van der Waals surface area contributed by atoms with Gasteiger partial charge in [0, 0.05) is 0 Å². The number of rotatable bonds is 5. The minimum absolute atomic E-state index is 0.853. The first-order valence-corrected chi connectivity index (χ1v) is 10.5. The smallest absolute Gasteiger partial charge is 0.130 e. The first kappa shape index (κ1) is 16.4. The minimum Gasteiger partial charge on any atom is -0.496 e. The molecule has 22 heavy (non-hydrogen) atoms. The monoisotopic (exact) mass is 312 g/mol. The van der Waals surface area contributed by atoms with Crippen LogP contribution in [0.15, 0.2) is 48.2 Å². The second kappa shape index (κ2) is 6.84. The first-order valence-electron chi connectivity index (χ1n) is 7.45. The van der Waals surface area contributed by atoms with Gasteiger partial charge in [0.05, 0.1) is 19.8 Å². The highest BCUT2D eigenvalue weighted by Crippen LogP contribution is 2.32. The molecular formula is C19H24O2Si. The molecule has 2 aromatic rings. The van der Waals surface area contributed by atoms with Crippen LogP contribution in [0.3, 0.4) is 0 Å². The third-order valence-corrected chi connectivity index (χ3v) is 6.69. The van der Waals surface area contributed by atoms with E-state index in [-0.39, 0.29) is 0 Å². The zero-order chi connectivity index (χ0) is 16.2. The van der Waals surface area contributed by atoms with Crippen LogP contribution in [-0.2, 0) is 0 Å². The molecule has 2 aromatic carbocycles. The molecule has 2 rings (SSSR count). The highest BCUT2D eigenvalue weighted by Gasteiger charge is 2.20. The van der Waals surface area contributed by atoms with Crippen LogP contribution in [0.4, 0.5) is 0 Å². The fraction of sp³-hybridized carbons (Fsp3) is 0.263. The quantitative estimate of drug-likeness (QED) is 0.771. The summed E-state index contributed by atoms with van der Waals surface area (Å²) in [4.78, 5) is 0. The predicted octanol–water partition coefficient (Wildman–Crippen LogP) is 4.18. The molecule has 3 heteroatoms. The molecule has 0 bridgehead atoms. The van der Waals surface area contributed by atoms with E-state index in [1.807, 2.05) is 19.1 Å². The van der Waals surface area contributed by atoms with Crippen molar-refractivity contribution in [3.8, 4) is 11.5 Å². The zero-order valence-electron chi connectivity index (χ0n) is 14.0. The standard InChI is InChI=1S/C19H24O2Si/c1-15-13-18(20-2)17(19(14-15)21-3)11-12-22(4,5)16-9-7-6-8-10-16/h6-14H,1-5H3/b12-11+. The van der Waals surface area contributed by atoms with Crippen molar-refractivity contribution in [1.29, 1.82) is 0 Å². The van der Waals surface area contributed by atoms with Crippen LogP contribution in [-0.4, -0.2) is 22.3 Å². The highest BCUT2D eigenvalue weighted by atomic mass is 28.3. The summed E-state index contributed by atoms with van der Waals surface area (Å²) in [6.07, 6.45) is 2.15. The van der Waals surface area contributed by atoms with E-state index in [1.165, 1.54) is 5.19 Å². The average molecular weight is 312 g/mol. The largest absolute Gasteiger partial charge is 0.496 e. The Kier molecular flexibility index (Phi) is 5.09. The summed E-state index contributed by atoms with van der Waals surface area (Å²) in [7, 11) is 1.76. The van der Waals surface area contributed by atoms with E-state index in [0.717, 1.165) is 22.6 Å². The van der Waals surface area contributed by atoms with Gasteiger partial charge < -0.3 is 9.47 Å². The lowest BCUT2D eigenvalue weighted by Crippen LogP contribution is -2.39. The number of benzene rings is 2. The van der Waals surface area contributed by atoms with Crippen LogP contribution in [0, 0.1) is 6.92 Å². The van der Waals surface area contributed by atoms with E-state index >= 15 is 0 Å². The zero-order valence-corrected chi connectivity index (χ0v) is 15.0. The Bertz CT molecular complexity index is 635. The molecule has 0 atom stereocenters. The van der Waals surface area contributed by atoms with Gasteiger partial charge in [-0.15, -0.1) is 0 Å². The van der Waals surface area contributed by atoms with Crippen LogP contribution < -0.4 is 14.7 Å². The van der Waals surface area contributed by atoms with Crippen molar-refractivity contribution >= 4 is 19.3 Å². The van der Waals surface area contributed by atoms with E-state index in [4.69, 9.17) is 9.47 Å². The predicted molar refractivity (Wildman–Crippen MR) is 96.9 cm³/mol. The van der Waals surface area contributed by atoms with Gasteiger partial charge in [0.15, 0.2) is 0 Å². The number of methoxy groups -OCH3 is 2. The van der Waals surface area contributed by atoms with Gasteiger partial charge in [-0.05, 0) is 24.6 Å². The van der Waals surface area contributed by atoms with Crippen LogP contribution in [0.5, 0.6) is 11.5 Å². The maximum Gasteiger partial charge on any atom is 0.130 e. The van der Waals surface area contributed by atoms with E-state index in [9.17, 15) is 0 Å². The molecular weight excluding hydrogens is 288 g/mol. The Balaban J connectivity index is 2.41. The van der Waals surface area contributed by atoms with Crippen LogP contribution >= 0.6 is 0 Å². The topological polar surface area (TPSA) is 18.5 Å². The molecule has 0 aliphatic rings. The lowest BCUT2D eigenvalue weighted by atomic mass is 10.1. The van der Waals surface area contributed by atoms with Gasteiger partial charge in [0.1, 0.15) is 19.6 Å². The highest BCUT2D eigenvalue weighted by molar-refractivity contribution is 6.94. The molecule has 0 radical (unpaired) electrons. The molecule has 0 unspecified atom stereocenters. The van der Waals surface area contributed by atoms with Crippen molar-refractivity contribution < 1.29 is 9.47 Å². The summed E-state index contributed by atoms with van der Waals surface area (Å²) in [6, 6.07) is 14.8. The van der Waals surface area contributed by atoms with Crippen molar-refractivity contribution in [3.63, 3.8) is 0 Å². The summed E-state index contributed by atoms with van der Waals surface area (Å²) in [5.41, 5.74) is 4.47. The van der Waals surface area contributed by atoms with Gasteiger partial charge >= 0.3 is 0 Å². The van der Waals surface area contributed by atoms with Crippen molar-refractivity contribution in [2.45, 2.75) is 20.0 Å². The third-order valence-electron chi connectivity index (χ3n) is 3.87. The molecule has 0 saturated heterocycles. The van der Waals surface area contributed by atoms with Gasteiger partial charge in [-0.1, -0.05) is 60.4 Å². The maximum absolute atomic E-state index is 5.52. The molecule has 0 aromatic heterocycles. The summed E-state index contributed by atoms with van der Waals surface area (Å²) in [5, 5.41) is 1.41. The maximum atomic E-state index is 5.52. The number of aryl methyl sites for hydroxylation is 1. The third kappa shape index (κ3) is 3.60. The molecule has 116 valence electrons. The number of hydrogen-bond acceptors (Lipinski definition) is 2. The molecule has 0 aliphatic carbocycles. The minimum atomic E-state index is -1.64. The summed E-state index contributed by atoms with van der Waals surface area (Å²) in [6.45, 7) is 6.72. The Hall–Kier alpha value is -2.00. The normalized spacial score (nSPS) is 11.7. The second-order valence-electron chi connectivity index (χ2n) is 6.00. The first-order chi connectivity index (χ1) is 10.5. The number of hydrogen-bond donors (Lipinski definition) is 0. The molecule has 0 saturated carbocycles. The van der Waals surface area contributed by atoms with Crippen LogP contribution in [0.2, 0.25) is 13.1 Å². The van der Waals surface area contributed by atoms with Gasteiger partial charge in [0.25, 0.3) is 0 Å². The van der Waals surface area contributed by atoms with E-state index in [0.29, 0.717) is 0 Å². The summed E-state index contributed by atoms with van der Waals surface area (Å²) in [5.74, 6) is 1.71. The average Bonchev–Trinajstić information content (AvgIpc) is 2.53. The second-order valence-corrected chi connectivity index (χ2v) is 10.4. The SMILES string of the molecule is COc1cc(C)cc(OC)c1/C=C/[Si](C)(C)c1ccccc1. The van der Waals surface area contributed by atoms with Crippen molar-refractivity contribution in [2.75, 3.05) is 14.2 Å². The Morgan fingerprint density at radius 3 is 1.95 bits per heavy atom. The molecule has 0 aliphatic heterocycles. The van der Waals surface area contributed by atoms with Crippen molar-refractivity contribution in [1.82, 2.24) is 0 Å². The Morgan fingerprint density at radius 2 is 1.45 bits per heavy atom. The van der Waals surface area contributed by atoms with E-state index < -0.39 is 8.07 Å². The summed E-state index contributed by atoms with van der Waals surface area (Å²) < 4.78 is 11.0. The van der Waals surface area contributed by atoms with Gasteiger partial charge in [-0.3, -0.25) is 0 Å². The van der Waals surface area contributed by atoms with Gasteiger partial charge in [0.2, 0.25) is 0 Å². The number of ether oxygens (including phenoxy) is 2. The van der Waals surface area contributed by atoms with Crippen LogP contribution in [0.25, 0.3) is 6.08 Å². The lowest BCUT2D eigenvalue weighted by Gasteiger charge is -2.19. The van der Waals surface area contributed by atoms with E-state index in [2.05, 4.69) is 55.2 Å². The molecule has 0 spiro atoms. The molecule has 2 nitrogen and oxygen atoms in total. The van der Waals surface area contributed by atoms with Gasteiger partial charge in [-0.25, -0.2) is 0 Å². The lowest BCUT2D eigenvalue weighted by molar-refractivity contribution is 0.392.